The summed E-state index contributed by atoms with van der Waals surface area (Å²) in [5, 5.41) is 6.15. The molecule has 0 aromatic heterocycles. The second-order valence-corrected chi connectivity index (χ2v) is 7.51. The molecular formula is C19H31FN2O3. The molecule has 0 saturated heterocycles. The molecule has 1 aromatic rings. The quantitative estimate of drug-likeness (QED) is 0.776. The van der Waals surface area contributed by atoms with E-state index in [0.29, 0.717) is 17.9 Å². The van der Waals surface area contributed by atoms with E-state index in [-0.39, 0.29) is 23.8 Å². The van der Waals surface area contributed by atoms with Crippen LogP contribution in [-0.4, -0.2) is 31.4 Å². The second kappa shape index (κ2) is 9.04. The molecule has 25 heavy (non-hydrogen) atoms. The maximum absolute atomic E-state index is 14.2. The number of alkyl carbamates (subject to hydrolysis) is 1. The van der Waals surface area contributed by atoms with Crippen molar-refractivity contribution in [1.82, 2.24) is 10.6 Å². The molecule has 0 radical (unpaired) electrons. The maximum Gasteiger partial charge on any atom is 0.407 e. The number of benzene rings is 1. The molecule has 6 heteroatoms. The van der Waals surface area contributed by atoms with Crippen LogP contribution in [0.4, 0.5) is 9.18 Å². The number of hydrogen-bond donors (Lipinski definition) is 2. The van der Waals surface area contributed by atoms with Crippen molar-refractivity contribution in [2.45, 2.75) is 59.2 Å². The van der Waals surface area contributed by atoms with Gasteiger partial charge in [0.05, 0.1) is 7.11 Å². The highest BCUT2D eigenvalue weighted by Crippen LogP contribution is 2.21. The Bertz CT molecular complexity index is 570. The normalized spacial score (nSPS) is 14.1. The first kappa shape index (κ1) is 21.2. The number of methoxy groups -OCH3 is 1. The summed E-state index contributed by atoms with van der Waals surface area (Å²) in [4.78, 5) is 12.0. The average molecular weight is 354 g/mol. The summed E-state index contributed by atoms with van der Waals surface area (Å²) in [5.74, 6) is 0.369. The maximum atomic E-state index is 14.2. The van der Waals surface area contributed by atoms with E-state index in [1.54, 1.807) is 12.1 Å². The van der Waals surface area contributed by atoms with Gasteiger partial charge in [0.2, 0.25) is 0 Å². The summed E-state index contributed by atoms with van der Waals surface area (Å²) in [6, 6.07) is 4.48. The Morgan fingerprint density at radius 3 is 2.36 bits per heavy atom. The molecule has 1 aromatic carbocycles. The Morgan fingerprint density at radius 1 is 1.24 bits per heavy atom. The summed E-state index contributed by atoms with van der Waals surface area (Å²) < 4.78 is 24.5. The first-order valence-electron chi connectivity index (χ1n) is 8.59. The van der Waals surface area contributed by atoms with Crippen LogP contribution in [0.3, 0.4) is 0 Å². The lowest BCUT2D eigenvalue weighted by Crippen LogP contribution is -2.47. The SMILES string of the molecule is COc1ccc(C(C)NCC(NC(=O)OC(C)(C)C)C(C)C)c(F)c1. The van der Waals surface area contributed by atoms with E-state index in [4.69, 9.17) is 9.47 Å². The fraction of sp³-hybridized carbons (Fsp3) is 0.632. The highest BCUT2D eigenvalue weighted by molar-refractivity contribution is 5.68. The molecular weight excluding hydrogens is 323 g/mol. The minimum absolute atomic E-state index is 0.126. The van der Waals surface area contributed by atoms with E-state index in [1.807, 2.05) is 41.5 Å². The third kappa shape index (κ3) is 7.30. The lowest BCUT2D eigenvalue weighted by molar-refractivity contribution is 0.0489. The topological polar surface area (TPSA) is 59.6 Å². The molecule has 0 aliphatic rings. The van der Waals surface area contributed by atoms with Gasteiger partial charge >= 0.3 is 6.09 Å². The van der Waals surface area contributed by atoms with Gasteiger partial charge in [0.15, 0.2) is 0 Å². The van der Waals surface area contributed by atoms with Gasteiger partial charge < -0.3 is 20.1 Å². The zero-order valence-electron chi connectivity index (χ0n) is 16.3. The van der Waals surface area contributed by atoms with Crippen molar-refractivity contribution in [3.05, 3.63) is 29.6 Å². The van der Waals surface area contributed by atoms with Gasteiger partial charge in [-0.15, -0.1) is 0 Å². The number of carbonyl (C=O) groups is 1. The van der Waals surface area contributed by atoms with Crippen LogP contribution in [0.25, 0.3) is 0 Å². The van der Waals surface area contributed by atoms with Crippen molar-refractivity contribution in [1.29, 1.82) is 0 Å². The van der Waals surface area contributed by atoms with Crippen molar-refractivity contribution < 1.29 is 18.7 Å². The molecule has 0 bridgehead atoms. The third-order valence-corrected chi connectivity index (χ3v) is 3.82. The van der Waals surface area contributed by atoms with Crippen LogP contribution < -0.4 is 15.4 Å². The zero-order valence-corrected chi connectivity index (χ0v) is 16.3. The molecule has 5 nitrogen and oxygen atoms in total. The molecule has 0 heterocycles. The Labute approximate surface area is 150 Å². The minimum atomic E-state index is -0.543. The van der Waals surface area contributed by atoms with E-state index in [9.17, 15) is 9.18 Å². The number of amides is 1. The van der Waals surface area contributed by atoms with Crippen molar-refractivity contribution in [3.8, 4) is 5.75 Å². The minimum Gasteiger partial charge on any atom is -0.497 e. The van der Waals surface area contributed by atoms with E-state index in [1.165, 1.54) is 13.2 Å². The van der Waals surface area contributed by atoms with E-state index in [0.717, 1.165) is 0 Å². The first-order valence-corrected chi connectivity index (χ1v) is 8.59. The van der Waals surface area contributed by atoms with Crippen LogP contribution >= 0.6 is 0 Å². The van der Waals surface area contributed by atoms with Crippen LogP contribution in [0.15, 0.2) is 18.2 Å². The van der Waals surface area contributed by atoms with Gasteiger partial charge in [0, 0.05) is 30.3 Å². The van der Waals surface area contributed by atoms with Crippen LogP contribution in [-0.2, 0) is 4.74 Å². The van der Waals surface area contributed by atoms with Gasteiger partial charge in [-0.05, 0) is 39.7 Å². The molecule has 142 valence electrons. The van der Waals surface area contributed by atoms with Gasteiger partial charge in [-0.1, -0.05) is 19.9 Å². The predicted molar refractivity (Wildman–Crippen MR) is 97.4 cm³/mol. The fourth-order valence-electron chi connectivity index (χ4n) is 2.31. The number of hydrogen-bond acceptors (Lipinski definition) is 4. The van der Waals surface area contributed by atoms with Crippen LogP contribution in [0.1, 0.15) is 53.1 Å². The Balaban J connectivity index is 2.66. The standard InChI is InChI=1S/C19H31FN2O3/c1-12(2)17(22-18(23)25-19(4,5)6)11-21-13(3)15-9-8-14(24-7)10-16(15)20/h8-10,12-13,17,21H,11H2,1-7H3,(H,22,23). The molecule has 2 atom stereocenters. The molecule has 2 unspecified atom stereocenters. The fourth-order valence-corrected chi connectivity index (χ4v) is 2.31. The third-order valence-electron chi connectivity index (χ3n) is 3.82. The summed E-state index contributed by atoms with van der Waals surface area (Å²) in [6.07, 6.45) is -0.448. The van der Waals surface area contributed by atoms with E-state index < -0.39 is 11.7 Å². The molecule has 2 N–H and O–H groups in total. The molecule has 0 spiro atoms. The second-order valence-electron chi connectivity index (χ2n) is 7.51. The smallest absolute Gasteiger partial charge is 0.407 e. The molecule has 0 saturated carbocycles. The molecule has 0 aliphatic heterocycles. The average Bonchev–Trinajstić information content (AvgIpc) is 2.48. The van der Waals surface area contributed by atoms with Crippen LogP contribution in [0, 0.1) is 11.7 Å². The number of ether oxygens (including phenoxy) is 2. The van der Waals surface area contributed by atoms with Gasteiger partial charge in [-0.25, -0.2) is 9.18 Å². The highest BCUT2D eigenvalue weighted by Gasteiger charge is 2.22. The molecule has 1 amide bonds. The van der Waals surface area contributed by atoms with Crippen LogP contribution in [0.5, 0.6) is 5.75 Å². The summed E-state index contributed by atoms with van der Waals surface area (Å²) in [6.45, 7) is 11.9. The summed E-state index contributed by atoms with van der Waals surface area (Å²) >= 11 is 0. The first-order chi connectivity index (χ1) is 11.5. The number of carbonyl (C=O) groups excluding carboxylic acids is 1. The number of rotatable bonds is 7. The summed E-state index contributed by atoms with van der Waals surface area (Å²) in [7, 11) is 1.51. The highest BCUT2D eigenvalue weighted by atomic mass is 19.1. The van der Waals surface area contributed by atoms with Gasteiger partial charge in [-0.3, -0.25) is 0 Å². The van der Waals surface area contributed by atoms with Crippen molar-refractivity contribution in [2.75, 3.05) is 13.7 Å². The van der Waals surface area contributed by atoms with E-state index >= 15 is 0 Å². The zero-order chi connectivity index (χ0) is 19.2. The van der Waals surface area contributed by atoms with Gasteiger partial charge in [0.25, 0.3) is 0 Å². The molecule has 1 rings (SSSR count). The van der Waals surface area contributed by atoms with Gasteiger partial charge in [-0.2, -0.15) is 0 Å². The largest absolute Gasteiger partial charge is 0.497 e. The van der Waals surface area contributed by atoms with E-state index in [2.05, 4.69) is 10.6 Å². The lowest BCUT2D eigenvalue weighted by Gasteiger charge is -2.27. The van der Waals surface area contributed by atoms with Crippen molar-refractivity contribution in [2.24, 2.45) is 5.92 Å². The number of nitrogens with one attached hydrogen (secondary N) is 2. The Hall–Kier alpha value is -1.82. The predicted octanol–water partition coefficient (Wildman–Crippen LogP) is 4.03. The van der Waals surface area contributed by atoms with Gasteiger partial charge in [0.1, 0.15) is 17.2 Å². The van der Waals surface area contributed by atoms with Crippen LogP contribution in [0.2, 0.25) is 0 Å². The lowest BCUT2D eigenvalue weighted by atomic mass is 10.0. The number of halogens is 1. The Morgan fingerprint density at radius 2 is 1.88 bits per heavy atom. The molecule has 0 fully saturated rings. The van der Waals surface area contributed by atoms with Crippen molar-refractivity contribution >= 4 is 6.09 Å². The summed E-state index contributed by atoms with van der Waals surface area (Å²) in [5.41, 5.74) is 0.0130. The Kier molecular flexibility index (Phi) is 7.67. The monoisotopic (exact) mass is 354 g/mol. The van der Waals surface area contributed by atoms with Crippen molar-refractivity contribution in [3.63, 3.8) is 0 Å². The molecule has 0 aliphatic carbocycles.